The molecule has 0 amide bonds. The lowest BCUT2D eigenvalue weighted by Gasteiger charge is -2.09. The van der Waals surface area contributed by atoms with Gasteiger partial charge in [0.25, 0.3) is 0 Å². The second-order valence-electron chi connectivity index (χ2n) is 4.75. The quantitative estimate of drug-likeness (QED) is 0.690. The van der Waals surface area contributed by atoms with Gasteiger partial charge in [-0.3, -0.25) is 4.79 Å². The number of ether oxygens (including phenoxy) is 2. The summed E-state index contributed by atoms with van der Waals surface area (Å²) in [7, 11) is 0. The normalized spacial score (nSPS) is 15.8. The van der Waals surface area contributed by atoms with E-state index in [9.17, 15) is 9.59 Å². The van der Waals surface area contributed by atoms with E-state index in [1.807, 2.05) is 6.07 Å². The Bertz CT molecular complexity index is 742. The topological polar surface area (TPSA) is 72.8 Å². The first-order chi connectivity index (χ1) is 10.6. The van der Waals surface area contributed by atoms with Crippen molar-refractivity contribution in [2.24, 2.45) is 0 Å². The van der Waals surface area contributed by atoms with Gasteiger partial charge in [-0.25, -0.2) is 4.79 Å². The van der Waals surface area contributed by atoms with E-state index >= 15 is 0 Å². The maximum atomic E-state index is 12.6. The predicted molar refractivity (Wildman–Crippen MR) is 78.7 cm³/mol. The molecule has 1 unspecified atom stereocenters. The zero-order valence-electron chi connectivity index (χ0n) is 11.3. The highest BCUT2D eigenvalue weighted by Crippen LogP contribution is 2.40. The van der Waals surface area contributed by atoms with Crippen LogP contribution in [-0.4, -0.2) is 23.7 Å². The monoisotopic (exact) mass is 318 g/mol. The summed E-state index contributed by atoms with van der Waals surface area (Å²) in [6, 6.07) is 11.8. The average molecular weight is 319 g/mol. The first kappa shape index (κ1) is 14.4. The molecule has 6 heteroatoms. The molecule has 0 spiro atoms. The molecule has 0 radical (unpaired) electrons. The fourth-order valence-corrected chi connectivity index (χ4v) is 2.62. The van der Waals surface area contributed by atoms with Gasteiger partial charge in [0.15, 0.2) is 11.9 Å². The number of carbonyl (C=O) groups excluding carboxylic acids is 1. The molecule has 22 heavy (non-hydrogen) atoms. The minimum Gasteiger partial charge on any atom is -0.488 e. The lowest BCUT2D eigenvalue weighted by molar-refractivity contribution is 0.0419. The maximum Gasteiger partial charge on any atom is 0.506 e. The van der Waals surface area contributed by atoms with E-state index in [0.717, 1.165) is 0 Å². The van der Waals surface area contributed by atoms with Gasteiger partial charge in [-0.15, -0.1) is 0 Å². The van der Waals surface area contributed by atoms with Crippen molar-refractivity contribution in [3.8, 4) is 5.75 Å². The van der Waals surface area contributed by atoms with E-state index in [0.29, 0.717) is 27.5 Å². The summed E-state index contributed by atoms with van der Waals surface area (Å²) in [4.78, 5) is 23.3. The molecule has 112 valence electrons. The standard InChI is InChI=1S/C16H11ClO5/c17-10-6-11-13(22-16(19)20)8-21-15(11)12(7-10)14(18)9-4-2-1-3-5-9/h1-7,13H,8H2,(H,19,20). The zero-order chi connectivity index (χ0) is 15.7. The second-order valence-corrected chi connectivity index (χ2v) is 5.19. The third-order valence-electron chi connectivity index (χ3n) is 3.33. The number of rotatable bonds is 3. The number of benzene rings is 2. The van der Waals surface area contributed by atoms with Crippen molar-refractivity contribution in [1.82, 2.24) is 0 Å². The molecule has 1 aliphatic heterocycles. The minimum atomic E-state index is -1.41. The highest BCUT2D eigenvalue weighted by molar-refractivity contribution is 6.31. The van der Waals surface area contributed by atoms with E-state index in [-0.39, 0.29) is 12.4 Å². The number of hydrogen-bond donors (Lipinski definition) is 1. The summed E-state index contributed by atoms with van der Waals surface area (Å²) in [6.45, 7) is 0.0248. The molecule has 1 N–H and O–H groups in total. The molecule has 2 aromatic rings. The van der Waals surface area contributed by atoms with Crippen molar-refractivity contribution in [1.29, 1.82) is 0 Å². The van der Waals surface area contributed by atoms with Crippen LogP contribution in [-0.2, 0) is 4.74 Å². The predicted octanol–water partition coefficient (Wildman–Crippen LogP) is 3.70. The van der Waals surface area contributed by atoms with Crippen molar-refractivity contribution in [3.05, 3.63) is 64.2 Å². The summed E-state index contributed by atoms with van der Waals surface area (Å²) in [5, 5.41) is 9.07. The van der Waals surface area contributed by atoms with Crippen LogP contribution >= 0.6 is 11.6 Å². The van der Waals surface area contributed by atoms with Crippen LogP contribution in [0.25, 0.3) is 0 Å². The Hall–Kier alpha value is -2.53. The van der Waals surface area contributed by atoms with Gasteiger partial charge in [-0.05, 0) is 12.1 Å². The van der Waals surface area contributed by atoms with Crippen LogP contribution in [0.5, 0.6) is 5.75 Å². The Morgan fingerprint density at radius 3 is 2.64 bits per heavy atom. The lowest BCUT2D eigenvalue weighted by Crippen LogP contribution is -2.10. The molecule has 0 aromatic heterocycles. The summed E-state index contributed by atoms with van der Waals surface area (Å²) in [5.41, 5.74) is 1.26. The Balaban J connectivity index is 2.04. The summed E-state index contributed by atoms with van der Waals surface area (Å²) in [5.74, 6) is 0.0832. The zero-order valence-corrected chi connectivity index (χ0v) is 12.0. The Morgan fingerprint density at radius 1 is 1.23 bits per heavy atom. The Morgan fingerprint density at radius 2 is 1.95 bits per heavy atom. The SMILES string of the molecule is O=C(O)OC1COc2c(C(=O)c3ccccc3)cc(Cl)cc21. The first-order valence-electron chi connectivity index (χ1n) is 6.52. The van der Waals surface area contributed by atoms with Crippen LogP contribution in [0.3, 0.4) is 0 Å². The molecule has 0 bridgehead atoms. The molecule has 1 heterocycles. The van der Waals surface area contributed by atoms with Crippen molar-refractivity contribution >= 4 is 23.5 Å². The fraction of sp³-hybridized carbons (Fsp3) is 0.125. The number of fused-ring (bicyclic) bond motifs is 1. The van der Waals surface area contributed by atoms with E-state index in [4.69, 9.17) is 26.2 Å². The molecule has 3 rings (SSSR count). The number of carboxylic acid groups (broad SMARTS) is 1. The van der Waals surface area contributed by atoms with Crippen LogP contribution in [0.4, 0.5) is 4.79 Å². The number of carbonyl (C=O) groups is 2. The Labute approximate surface area is 131 Å². The van der Waals surface area contributed by atoms with E-state index < -0.39 is 12.3 Å². The number of hydrogen-bond acceptors (Lipinski definition) is 4. The van der Waals surface area contributed by atoms with Crippen molar-refractivity contribution in [3.63, 3.8) is 0 Å². The van der Waals surface area contributed by atoms with Gasteiger partial charge >= 0.3 is 6.16 Å². The third kappa shape index (κ3) is 2.63. The largest absolute Gasteiger partial charge is 0.506 e. The summed E-state index contributed by atoms with van der Waals surface area (Å²) < 4.78 is 10.2. The molecule has 0 saturated carbocycles. The summed E-state index contributed by atoms with van der Waals surface area (Å²) >= 11 is 6.05. The Kier molecular flexibility index (Phi) is 3.73. The molecule has 0 saturated heterocycles. The maximum absolute atomic E-state index is 12.6. The van der Waals surface area contributed by atoms with Crippen molar-refractivity contribution in [2.45, 2.75) is 6.10 Å². The molecular weight excluding hydrogens is 308 g/mol. The van der Waals surface area contributed by atoms with Gasteiger partial charge in [-0.2, -0.15) is 0 Å². The van der Waals surface area contributed by atoms with Gasteiger partial charge in [0, 0.05) is 16.1 Å². The van der Waals surface area contributed by atoms with E-state index in [1.54, 1.807) is 30.3 Å². The van der Waals surface area contributed by atoms with Gasteiger partial charge in [0.05, 0.1) is 5.56 Å². The van der Waals surface area contributed by atoms with E-state index in [1.165, 1.54) is 6.07 Å². The van der Waals surface area contributed by atoms with Crippen LogP contribution in [0, 0.1) is 0 Å². The number of ketones is 1. The molecule has 0 aliphatic carbocycles. The molecule has 2 aromatic carbocycles. The summed E-state index contributed by atoms with van der Waals surface area (Å²) in [6.07, 6.45) is -2.19. The highest BCUT2D eigenvalue weighted by Gasteiger charge is 2.32. The lowest BCUT2D eigenvalue weighted by atomic mass is 9.99. The average Bonchev–Trinajstić information content (AvgIpc) is 2.89. The first-order valence-corrected chi connectivity index (χ1v) is 6.89. The minimum absolute atomic E-state index is 0.0248. The van der Waals surface area contributed by atoms with Gasteiger partial charge in [0.2, 0.25) is 0 Å². The second kappa shape index (κ2) is 5.69. The van der Waals surface area contributed by atoms with Crippen LogP contribution in [0.2, 0.25) is 5.02 Å². The van der Waals surface area contributed by atoms with Gasteiger partial charge < -0.3 is 14.6 Å². The van der Waals surface area contributed by atoms with Crippen molar-refractivity contribution in [2.75, 3.05) is 6.61 Å². The molecular formula is C16H11ClO5. The highest BCUT2D eigenvalue weighted by atomic mass is 35.5. The van der Waals surface area contributed by atoms with Gasteiger partial charge in [0.1, 0.15) is 12.4 Å². The number of halogens is 1. The third-order valence-corrected chi connectivity index (χ3v) is 3.55. The molecule has 5 nitrogen and oxygen atoms in total. The van der Waals surface area contributed by atoms with Crippen molar-refractivity contribution < 1.29 is 24.2 Å². The van der Waals surface area contributed by atoms with Crippen LogP contribution in [0.1, 0.15) is 27.6 Å². The van der Waals surface area contributed by atoms with Crippen LogP contribution in [0.15, 0.2) is 42.5 Å². The molecule has 1 aliphatic rings. The molecule has 0 fully saturated rings. The molecule has 1 atom stereocenters. The van der Waals surface area contributed by atoms with Crippen LogP contribution < -0.4 is 4.74 Å². The van der Waals surface area contributed by atoms with Gasteiger partial charge in [-0.1, -0.05) is 41.9 Å². The fourth-order valence-electron chi connectivity index (χ4n) is 2.40. The van der Waals surface area contributed by atoms with E-state index in [2.05, 4.69) is 0 Å². The smallest absolute Gasteiger partial charge is 0.488 e.